The number of nitrogens with one attached hydrogen (secondary N) is 1. The SMILES string of the molecule is N#CCCNc1ccc(OC(F)F)cc1. The van der Waals surface area contributed by atoms with Crippen molar-refractivity contribution in [2.45, 2.75) is 13.0 Å². The molecule has 0 saturated heterocycles. The van der Waals surface area contributed by atoms with E-state index in [0.29, 0.717) is 13.0 Å². The Hall–Kier alpha value is -1.83. The zero-order valence-electron chi connectivity index (χ0n) is 7.91. The fraction of sp³-hybridized carbons (Fsp3) is 0.300. The number of nitrogens with zero attached hydrogens (tertiary/aromatic N) is 1. The largest absolute Gasteiger partial charge is 0.435 e. The number of rotatable bonds is 5. The van der Waals surface area contributed by atoms with Gasteiger partial charge in [0, 0.05) is 12.2 Å². The molecule has 0 aromatic heterocycles. The molecule has 0 amide bonds. The van der Waals surface area contributed by atoms with Crippen molar-refractivity contribution in [3.8, 4) is 11.8 Å². The van der Waals surface area contributed by atoms with Gasteiger partial charge in [0.25, 0.3) is 0 Å². The highest BCUT2D eigenvalue weighted by Gasteiger charge is 2.02. The van der Waals surface area contributed by atoms with E-state index < -0.39 is 6.61 Å². The van der Waals surface area contributed by atoms with Crippen LogP contribution in [0.1, 0.15) is 6.42 Å². The van der Waals surface area contributed by atoms with Gasteiger partial charge in [0.2, 0.25) is 0 Å². The Morgan fingerprint density at radius 3 is 2.53 bits per heavy atom. The van der Waals surface area contributed by atoms with Crippen LogP contribution in [-0.4, -0.2) is 13.2 Å². The Bertz CT molecular complexity index is 332. The lowest BCUT2D eigenvalue weighted by Crippen LogP contribution is -2.03. The van der Waals surface area contributed by atoms with Gasteiger partial charge in [0.05, 0.1) is 12.5 Å². The fourth-order valence-electron chi connectivity index (χ4n) is 1.02. The van der Waals surface area contributed by atoms with Gasteiger partial charge in [-0.25, -0.2) is 0 Å². The first kappa shape index (κ1) is 11.2. The molecule has 0 aliphatic heterocycles. The molecule has 1 aromatic carbocycles. The number of ether oxygens (including phenoxy) is 1. The molecule has 80 valence electrons. The normalized spacial score (nSPS) is 9.73. The molecule has 0 saturated carbocycles. The molecule has 3 nitrogen and oxygen atoms in total. The van der Waals surface area contributed by atoms with Crippen LogP contribution in [0.2, 0.25) is 0 Å². The summed E-state index contributed by atoms with van der Waals surface area (Å²) in [6.45, 7) is -2.27. The second kappa shape index (κ2) is 5.81. The third-order valence-electron chi connectivity index (χ3n) is 1.65. The van der Waals surface area contributed by atoms with Crippen molar-refractivity contribution < 1.29 is 13.5 Å². The zero-order valence-corrected chi connectivity index (χ0v) is 7.91. The van der Waals surface area contributed by atoms with Crippen molar-refractivity contribution in [1.82, 2.24) is 0 Å². The minimum absolute atomic E-state index is 0.121. The molecule has 0 spiro atoms. The van der Waals surface area contributed by atoms with E-state index in [0.717, 1.165) is 5.69 Å². The number of anilines is 1. The quantitative estimate of drug-likeness (QED) is 0.763. The highest BCUT2D eigenvalue weighted by molar-refractivity contribution is 5.46. The van der Waals surface area contributed by atoms with E-state index in [-0.39, 0.29) is 5.75 Å². The molecule has 0 atom stereocenters. The summed E-state index contributed by atoms with van der Waals surface area (Å²) in [5, 5.41) is 11.3. The van der Waals surface area contributed by atoms with E-state index in [2.05, 4.69) is 10.1 Å². The van der Waals surface area contributed by atoms with Gasteiger partial charge >= 0.3 is 6.61 Å². The van der Waals surface area contributed by atoms with Crippen LogP contribution in [-0.2, 0) is 0 Å². The molecule has 0 fully saturated rings. The lowest BCUT2D eigenvalue weighted by atomic mass is 10.3. The van der Waals surface area contributed by atoms with Gasteiger partial charge in [0.15, 0.2) is 0 Å². The number of benzene rings is 1. The Kier molecular flexibility index (Phi) is 4.35. The Morgan fingerprint density at radius 1 is 1.33 bits per heavy atom. The number of alkyl halides is 2. The second-order valence-corrected chi connectivity index (χ2v) is 2.74. The summed E-state index contributed by atoms with van der Waals surface area (Å²) in [4.78, 5) is 0. The Morgan fingerprint density at radius 2 is 2.00 bits per heavy atom. The van der Waals surface area contributed by atoms with Gasteiger partial charge in [-0.2, -0.15) is 14.0 Å². The maximum absolute atomic E-state index is 11.8. The third kappa shape index (κ3) is 4.27. The highest BCUT2D eigenvalue weighted by atomic mass is 19.3. The van der Waals surface area contributed by atoms with Gasteiger partial charge in [-0.15, -0.1) is 0 Å². The maximum Gasteiger partial charge on any atom is 0.387 e. The topological polar surface area (TPSA) is 45.0 Å². The van der Waals surface area contributed by atoms with Gasteiger partial charge in [0.1, 0.15) is 5.75 Å². The van der Waals surface area contributed by atoms with Crippen LogP contribution in [0.3, 0.4) is 0 Å². The first-order chi connectivity index (χ1) is 7.22. The van der Waals surface area contributed by atoms with Crippen molar-refractivity contribution >= 4 is 5.69 Å². The van der Waals surface area contributed by atoms with E-state index in [1.165, 1.54) is 12.1 Å². The number of hydrogen-bond donors (Lipinski definition) is 1. The van der Waals surface area contributed by atoms with Crippen LogP contribution in [0.5, 0.6) is 5.75 Å². The average molecular weight is 212 g/mol. The van der Waals surface area contributed by atoms with Crippen molar-refractivity contribution in [3.05, 3.63) is 24.3 Å². The standard InChI is InChI=1S/C10H10F2N2O/c11-10(12)15-9-4-2-8(3-5-9)14-7-1-6-13/h2-5,10,14H,1,7H2. The van der Waals surface area contributed by atoms with E-state index in [1.807, 2.05) is 6.07 Å². The molecule has 0 aliphatic carbocycles. The van der Waals surface area contributed by atoms with Crippen LogP contribution < -0.4 is 10.1 Å². The van der Waals surface area contributed by atoms with Crippen LogP contribution in [0.15, 0.2) is 24.3 Å². The Balaban J connectivity index is 2.46. The van der Waals surface area contributed by atoms with Gasteiger partial charge in [-0.1, -0.05) is 0 Å². The summed E-state index contributed by atoms with van der Waals surface area (Å²) < 4.78 is 27.8. The molecular weight excluding hydrogens is 202 g/mol. The van der Waals surface area contributed by atoms with Crippen LogP contribution >= 0.6 is 0 Å². The molecule has 0 bridgehead atoms. The fourth-order valence-corrected chi connectivity index (χ4v) is 1.02. The molecular formula is C10H10F2N2O. The number of halogens is 2. The molecule has 5 heteroatoms. The summed E-state index contributed by atoms with van der Waals surface area (Å²) in [6.07, 6.45) is 0.398. The van der Waals surface area contributed by atoms with Gasteiger partial charge in [-0.05, 0) is 24.3 Å². The molecule has 15 heavy (non-hydrogen) atoms. The molecule has 1 N–H and O–H groups in total. The van der Waals surface area contributed by atoms with Crippen molar-refractivity contribution in [2.24, 2.45) is 0 Å². The second-order valence-electron chi connectivity index (χ2n) is 2.74. The predicted molar refractivity (Wildman–Crippen MR) is 51.8 cm³/mol. The number of nitriles is 1. The third-order valence-corrected chi connectivity index (χ3v) is 1.65. The first-order valence-electron chi connectivity index (χ1n) is 4.38. The van der Waals surface area contributed by atoms with E-state index in [4.69, 9.17) is 5.26 Å². The van der Waals surface area contributed by atoms with Crippen molar-refractivity contribution in [3.63, 3.8) is 0 Å². The smallest absolute Gasteiger partial charge is 0.387 e. The Labute approximate surface area is 86.3 Å². The number of hydrogen-bond acceptors (Lipinski definition) is 3. The summed E-state index contributed by atoms with van der Waals surface area (Å²) >= 11 is 0. The molecule has 1 rings (SSSR count). The first-order valence-corrected chi connectivity index (χ1v) is 4.38. The predicted octanol–water partition coefficient (Wildman–Crippen LogP) is 2.61. The summed E-state index contributed by atoms with van der Waals surface area (Å²) in [7, 11) is 0. The van der Waals surface area contributed by atoms with Crippen LogP contribution in [0, 0.1) is 11.3 Å². The van der Waals surface area contributed by atoms with Gasteiger partial charge in [-0.3, -0.25) is 0 Å². The van der Waals surface area contributed by atoms with Crippen molar-refractivity contribution in [2.75, 3.05) is 11.9 Å². The molecule has 0 unspecified atom stereocenters. The summed E-state index contributed by atoms with van der Waals surface area (Å²) in [5.74, 6) is 0.121. The van der Waals surface area contributed by atoms with Gasteiger partial charge < -0.3 is 10.1 Å². The highest BCUT2D eigenvalue weighted by Crippen LogP contribution is 2.17. The van der Waals surface area contributed by atoms with Crippen LogP contribution in [0.25, 0.3) is 0 Å². The molecule has 0 aliphatic rings. The maximum atomic E-state index is 11.8. The zero-order chi connectivity index (χ0) is 11.1. The van der Waals surface area contributed by atoms with Crippen LogP contribution in [0.4, 0.5) is 14.5 Å². The minimum Gasteiger partial charge on any atom is -0.435 e. The molecule has 0 radical (unpaired) electrons. The molecule has 0 heterocycles. The monoisotopic (exact) mass is 212 g/mol. The molecule has 1 aromatic rings. The minimum atomic E-state index is -2.80. The van der Waals surface area contributed by atoms with Crippen molar-refractivity contribution in [1.29, 1.82) is 5.26 Å². The lowest BCUT2D eigenvalue weighted by molar-refractivity contribution is -0.0498. The lowest BCUT2D eigenvalue weighted by Gasteiger charge is -2.06. The average Bonchev–Trinajstić information content (AvgIpc) is 2.20. The summed E-state index contributed by atoms with van der Waals surface area (Å²) in [6, 6.07) is 8.12. The summed E-state index contributed by atoms with van der Waals surface area (Å²) in [5.41, 5.74) is 0.770. The van der Waals surface area contributed by atoms with E-state index in [1.54, 1.807) is 12.1 Å². The van der Waals surface area contributed by atoms with E-state index in [9.17, 15) is 8.78 Å². The van der Waals surface area contributed by atoms with E-state index >= 15 is 0 Å².